The van der Waals surface area contributed by atoms with Gasteiger partial charge in [0.1, 0.15) is 0 Å². The number of benzene rings is 2. The molecule has 3 rings (SSSR count). The summed E-state index contributed by atoms with van der Waals surface area (Å²) in [5.74, 6) is 0.108. The normalized spacial score (nSPS) is 12.5. The lowest BCUT2D eigenvalue weighted by Gasteiger charge is -2.04. The fourth-order valence-corrected chi connectivity index (χ4v) is 2.71. The van der Waals surface area contributed by atoms with Gasteiger partial charge >= 0.3 is 0 Å². The van der Waals surface area contributed by atoms with Crippen molar-refractivity contribution in [1.29, 1.82) is 0 Å². The van der Waals surface area contributed by atoms with Gasteiger partial charge in [0.15, 0.2) is 5.78 Å². The zero-order chi connectivity index (χ0) is 12.2. The predicted molar refractivity (Wildman–Crippen MR) is 77.2 cm³/mol. The van der Waals surface area contributed by atoms with Crippen LogP contribution in [0.4, 0.5) is 5.69 Å². The van der Waals surface area contributed by atoms with Crippen molar-refractivity contribution < 1.29 is 4.79 Å². The summed E-state index contributed by atoms with van der Waals surface area (Å²) in [4.78, 5) is 12.3. The molecule has 2 N–H and O–H groups in total. The van der Waals surface area contributed by atoms with E-state index in [-0.39, 0.29) is 5.78 Å². The van der Waals surface area contributed by atoms with Crippen LogP contribution in [-0.2, 0) is 0 Å². The molecule has 3 heteroatoms. The number of rotatable bonds is 0. The minimum Gasteiger partial charge on any atom is -0.398 e. The molecule has 2 nitrogen and oxygen atoms in total. The maximum absolute atomic E-state index is 12.3. The lowest BCUT2D eigenvalue weighted by atomic mass is 10.0. The van der Waals surface area contributed by atoms with Crippen LogP contribution >= 0.6 is 22.6 Å². The van der Waals surface area contributed by atoms with Crippen molar-refractivity contribution in [2.45, 2.75) is 6.92 Å². The van der Waals surface area contributed by atoms with E-state index in [1.54, 1.807) is 0 Å². The highest BCUT2D eigenvalue weighted by Gasteiger charge is 2.27. The number of nitrogens with two attached hydrogens (primary N) is 1. The van der Waals surface area contributed by atoms with Gasteiger partial charge in [-0.15, -0.1) is 0 Å². The van der Waals surface area contributed by atoms with Crippen LogP contribution in [0.1, 0.15) is 21.5 Å². The molecule has 0 aromatic heterocycles. The number of nitrogen functional groups attached to an aromatic ring is 1. The molecule has 1 aliphatic rings. The molecule has 2 aromatic rings. The molecule has 17 heavy (non-hydrogen) atoms. The molecule has 1 aliphatic carbocycles. The van der Waals surface area contributed by atoms with E-state index in [4.69, 9.17) is 5.73 Å². The van der Waals surface area contributed by atoms with E-state index in [1.165, 1.54) is 0 Å². The third kappa shape index (κ3) is 1.49. The molecule has 0 fully saturated rings. The largest absolute Gasteiger partial charge is 0.398 e. The third-order valence-corrected chi connectivity index (χ3v) is 3.84. The van der Waals surface area contributed by atoms with Gasteiger partial charge in [-0.05, 0) is 70.5 Å². The zero-order valence-electron chi connectivity index (χ0n) is 9.25. The Morgan fingerprint density at radius 1 is 1.00 bits per heavy atom. The SMILES string of the molecule is Cc1cc2c(cc1N)-c1ccc(I)cc1C2=O. The average Bonchev–Trinajstić information content (AvgIpc) is 2.54. The Morgan fingerprint density at radius 3 is 2.47 bits per heavy atom. The zero-order valence-corrected chi connectivity index (χ0v) is 11.4. The van der Waals surface area contributed by atoms with Crippen LogP contribution in [0.25, 0.3) is 11.1 Å². The quantitative estimate of drug-likeness (QED) is 0.505. The molecular formula is C14H10INO. The van der Waals surface area contributed by atoms with Crippen molar-refractivity contribution in [2.75, 3.05) is 5.73 Å². The monoisotopic (exact) mass is 335 g/mol. The first kappa shape index (κ1) is 10.8. The van der Waals surface area contributed by atoms with Crippen LogP contribution in [0.5, 0.6) is 0 Å². The number of carbonyl (C=O) groups is 1. The van der Waals surface area contributed by atoms with Crippen LogP contribution in [0.2, 0.25) is 0 Å². The number of halogens is 1. The molecule has 2 aromatic carbocycles. The number of fused-ring (bicyclic) bond motifs is 3. The highest BCUT2D eigenvalue weighted by Crippen LogP contribution is 2.39. The molecule has 0 spiro atoms. The van der Waals surface area contributed by atoms with Gasteiger partial charge < -0.3 is 5.73 Å². The summed E-state index contributed by atoms with van der Waals surface area (Å²) >= 11 is 2.22. The van der Waals surface area contributed by atoms with Crippen LogP contribution in [0, 0.1) is 10.5 Å². The Bertz CT molecular complexity index is 662. The van der Waals surface area contributed by atoms with Crippen molar-refractivity contribution in [3.8, 4) is 11.1 Å². The molecule has 0 saturated heterocycles. The predicted octanol–water partition coefficient (Wildman–Crippen LogP) is 3.39. The highest BCUT2D eigenvalue weighted by molar-refractivity contribution is 14.1. The van der Waals surface area contributed by atoms with E-state index in [2.05, 4.69) is 22.6 Å². The van der Waals surface area contributed by atoms with Gasteiger partial charge in [-0.25, -0.2) is 0 Å². The molecule has 0 heterocycles. The van der Waals surface area contributed by atoms with E-state index in [9.17, 15) is 4.79 Å². The molecule has 0 amide bonds. The fourth-order valence-electron chi connectivity index (χ4n) is 2.22. The number of anilines is 1. The van der Waals surface area contributed by atoms with Crippen LogP contribution in [0.3, 0.4) is 0 Å². The number of carbonyl (C=O) groups excluding carboxylic acids is 1. The van der Waals surface area contributed by atoms with Gasteiger partial charge in [0, 0.05) is 20.4 Å². The molecule has 0 saturated carbocycles. The van der Waals surface area contributed by atoms with Crippen LogP contribution in [-0.4, -0.2) is 5.78 Å². The smallest absolute Gasteiger partial charge is 0.194 e. The standard InChI is InChI=1S/C14H10INO/c1-7-4-11-10(6-13(7)16)9-3-2-8(15)5-12(9)14(11)17/h2-6H,16H2,1H3. The van der Waals surface area contributed by atoms with E-state index in [0.717, 1.165) is 37.1 Å². The number of aryl methyl sites for hydroxylation is 1. The molecular weight excluding hydrogens is 325 g/mol. The second-order valence-electron chi connectivity index (χ2n) is 4.27. The number of hydrogen-bond acceptors (Lipinski definition) is 2. The minimum absolute atomic E-state index is 0.108. The molecule has 0 aliphatic heterocycles. The van der Waals surface area contributed by atoms with Gasteiger partial charge in [0.25, 0.3) is 0 Å². The molecule has 0 unspecified atom stereocenters. The Kier molecular flexibility index (Phi) is 2.26. The second-order valence-corrected chi connectivity index (χ2v) is 5.52. The van der Waals surface area contributed by atoms with Gasteiger partial charge in [-0.3, -0.25) is 4.79 Å². The summed E-state index contributed by atoms with van der Waals surface area (Å²) < 4.78 is 1.08. The van der Waals surface area contributed by atoms with E-state index in [0.29, 0.717) is 0 Å². The van der Waals surface area contributed by atoms with Gasteiger partial charge in [0.05, 0.1) is 0 Å². The van der Waals surface area contributed by atoms with E-state index >= 15 is 0 Å². The fraction of sp³-hybridized carbons (Fsp3) is 0.0714. The number of hydrogen-bond donors (Lipinski definition) is 1. The maximum Gasteiger partial charge on any atom is 0.194 e. The van der Waals surface area contributed by atoms with Crippen molar-refractivity contribution in [1.82, 2.24) is 0 Å². The van der Waals surface area contributed by atoms with E-state index in [1.807, 2.05) is 37.3 Å². The van der Waals surface area contributed by atoms with Crippen LogP contribution in [0.15, 0.2) is 30.3 Å². The molecule has 0 radical (unpaired) electrons. The maximum atomic E-state index is 12.3. The minimum atomic E-state index is 0.108. The molecule has 84 valence electrons. The summed E-state index contributed by atoms with van der Waals surface area (Å²) in [5.41, 5.74) is 11.1. The molecule has 0 atom stereocenters. The lowest BCUT2D eigenvalue weighted by Crippen LogP contribution is -1.97. The first-order chi connectivity index (χ1) is 8.08. The van der Waals surface area contributed by atoms with Crippen molar-refractivity contribution in [3.05, 3.63) is 50.6 Å². The Labute approximate surface area is 113 Å². The average molecular weight is 335 g/mol. The van der Waals surface area contributed by atoms with Crippen LogP contribution < -0.4 is 5.73 Å². The van der Waals surface area contributed by atoms with Gasteiger partial charge in [-0.2, -0.15) is 0 Å². The summed E-state index contributed by atoms with van der Waals surface area (Å²) in [6.07, 6.45) is 0. The Hall–Kier alpha value is -1.36. The Balaban J connectivity index is 2.35. The summed E-state index contributed by atoms with van der Waals surface area (Å²) in [7, 11) is 0. The van der Waals surface area contributed by atoms with Gasteiger partial charge in [0.2, 0.25) is 0 Å². The van der Waals surface area contributed by atoms with Crippen molar-refractivity contribution >= 4 is 34.1 Å². The third-order valence-electron chi connectivity index (χ3n) is 3.17. The first-order valence-electron chi connectivity index (χ1n) is 5.32. The van der Waals surface area contributed by atoms with Gasteiger partial charge in [-0.1, -0.05) is 6.07 Å². The summed E-state index contributed by atoms with van der Waals surface area (Å²) in [5, 5.41) is 0. The molecule has 0 bridgehead atoms. The number of ketones is 1. The lowest BCUT2D eigenvalue weighted by molar-refractivity contribution is 0.104. The Morgan fingerprint density at radius 2 is 1.71 bits per heavy atom. The second kappa shape index (κ2) is 3.57. The topological polar surface area (TPSA) is 43.1 Å². The first-order valence-corrected chi connectivity index (χ1v) is 6.40. The summed E-state index contributed by atoms with van der Waals surface area (Å²) in [6, 6.07) is 9.73. The summed E-state index contributed by atoms with van der Waals surface area (Å²) in [6.45, 7) is 1.93. The van der Waals surface area contributed by atoms with Crippen molar-refractivity contribution in [2.24, 2.45) is 0 Å². The van der Waals surface area contributed by atoms with E-state index < -0.39 is 0 Å². The van der Waals surface area contributed by atoms with Crippen molar-refractivity contribution in [3.63, 3.8) is 0 Å². The highest BCUT2D eigenvalue weighted by atomic mass is 127.